The summed E-state index contributed by atoms with van der Waals surface area (Å²) in [6.45, 7) is 3.70. The van der Waals surface area contributed by atoms with Gasteiger partial charge in [0.1, 0.15) is 0 Å². The summed E-state index contributed by atoms with van der Waals surface area (Å²) >= 11 is 4.62. The smallest absolute Gasteiger partial charge is 0.277 e. The Balaban J connectivity index is 1.90. The van der Waals surface area contributed by atoms with E-state index in [0.29, 0.717) is 11.1 Å². The molecule has 0 aliphatic rings. The highest BCUT2D eigenvalue weighted by Gasteiger charge is 2.09. The van der Waals surface area contributed by atoms with Crippen LogP contribution in [0.5, 0.6) is 0 Å². The number of nitrogens with zero attached hydrogens (tertiary/aromatic N) is 2. The van der Waals surface area contributed by atoms with Gasteiger partial charge in [-0.3, -0.25) is 4.79 Å². The fraction of sp³-hybridized carbons (Fsp3) is 0.250. The Kier molecular flexibility index (Phi) is 4.60. The molecule has 0 unspecified atom stereocenters. The normalized spacial score (nSPS) is 10.5. The predicted molar refractivity (Wildman–Crippen MR) is 77.3 cm³/mol. The third-order valence-corrected chi connectivity index (χ3v) is 3.71. The number of amides is 1. The number of hydrogen-bond acceptors (Lipinski definition) is 5. The molecule has 2 rings (SSSR count). The number of aryl methyl sites for hydroxylation is 2. The maximum Gasteiger partial charge on any atom is 0.277 e. The van der Waals surface area contributed by atoms with E-state index in [1.807, 2.05) is 25.1 Å². The molecule has 0 atom stereocenters. The first-order chi connectivity index (χ1) is 9.04. The van der Waals surface area contributed by atoms with E-state index in [2.05, 4.69) is 31.4 Å². The highest BCUT2D eigenvalue weighted by molar-refractivity contribution is 9.10. The summed E-state index contributed by atoms with van der Waals surface area (Å²) in [5, 5.41) is 10.7. The lowest BCUT2D eigenvalue weighted by atomic mass is 10.2. The lowest BCUT2D eigenvalue weighted by Crippen LogP contribution is -2.14. The van der Waals surface area contributed by atoms with Crippen molar-refractivity contribution in [1.29, 1.82) is 0 Å². The van der Waals surface area contributed by atoms with Crippen molar-refractivity contribution in [2.45, 2.75) is 19.1 Å². The van der Waals surface area contributed by atoms with Crippen molar-refractivity contribution >= 4 is 39.3 Å². The summed E-state index contributed by atoms with van der Waals surface area (Å²) in [5.41, 5.74) is 1.87. The molecule has 1 amide bonds. The van der Waals surface area contributed by atoms with Gasteiger partial charge in [0.05, 0.1) is 11.4 Å². The Labute approximate surface area is 123 Å². The van der Waals surface area contributed by atoms with Gasteiger partial charge in [-0.25, -0.2) is 0 Å². The fourth-order valence-corrected chi connectivity index (χ4v) is 2.57. The zero-order chi connectivity index (χ0) is 13.8. The van der Waals surface area contributed by atoms with Gasteiger partial charge < -0.3 is 9.73 Å². The molecule has 0 bridgehead atoms. The highest BCUT2D eigenvalue weighted by Crippen LogP contribution is 2.24. The van der Waals surface area contributed by atoms with Gasteiger partial charge in [0, 0.05) is 11.4 Å². The fourth-order valence-electron chi connectivity index (χ4n) is 1.37. The number of aromatic nitrogens is 2. The molecule has 2 aromatic rings. The molecule has 0 radical (unpaired) electrons. The van der Waals surface area contributed by atoms with Crippen LogP contribution >= 0.6 is 27.7 Å². The highest BCUT2D eigenvalue weighted by atomic mass is 79.9. The molecule has 1 heterocycles. The van der Waals surface area contributed by atoms with Crippen LogP contribution in [-0.2, 0) is 4.79 Å². The SMILES string of the molecule is Cc1ccc(NC(=O)CSc2nnc(C)o2)c(Br)c1. The third kappa shape index (κ3) is 4.07. The summed E-state index contributed by atoms with van der Waals surface area (Å²) in [6.07, 6.45) is 0. The van der Waals surface area contributed by atoms with Crippen LogP contribution in [0.2, 0.25) is 0 Å². The monoisotopic (exact) mass is 341 g/mol. The summed E-state index contributed by atoms with van der Waals surface area (Å²) in [5.74, 6) is 0.594. The first-order valence-electron chi connectivity index (χ1n) is 5.53. The molecule has 100 valence electrons. The molecule has 1 aromatic heterocycles. The second-order valence-corrected chi connectivity index (χ2v) is 5.69. The Hall–Kier alpha value is -1.34. The summed E-state index contributed by atoms with van der Waals surface area (Å²) in [6, 6.07) is 5.75. The van der Waals surface area contributed by atoms with Gasteiger partial charge in [0.2, 0.25) is 11.8 Å². The van der Waals surface area contributed by atoms with E-state index in [-0.39, 0.29) is 11.7 Å². The van der Waals surface area contributed by atoms with Crippen molar-refractivity contribution in [3.8, 4) is 0 Å². The number of rotatable bonds is 4. The first kappa shape index (κ1) is 14.1. The van der Waals surface area contributed by atoms with Crippen LogP contribution in [0.3, 0.4) is 0 Å². The van der Waals surface area contributed by atoms with Gasteiger partial charge >= 0.3 is 0 Å². The van der Waals surface area contributed by atoms with Crippen molar-refractivity contribution in [3.63, 3.8) is 0 Å². The molecule has 0 fully saturated rings. The van der Waals surface area contributed by atoms with Crippen molar-refractivity contribution < 1.29 is 9.21 Å². The van der Waals surface area contributed by atoms with E-state index in [1.165, 1.54) is 11.8 Å². The van der Waals surface area contributed by atoms with Crippen LogP contribution in [-0.4, -0.2) is 21.9 Å². The molecular formula is C12H12BrN3O2S. The molecule has 0 aliphatic carbocycles. The molecule has 5 nitrogen and oxygen atoms in total. The van der Waals surface area contributed by atoms with Crippen LogP contribution in [0.4, 0.5) is 5.69 Å². The zero-order valence-electron chi connectivity index (χ0n) is 10.4. The van der Waals surface area contributed by atoms with Crippen LogP contribution in [0.25, 0.3) is 0 Å². The van der Waals surface area contributed by atoms with Crippen molar-refractivity contribution in [1.82, 2.24) is 10.2 Å². The Bertz CT molecular complexity index is 600. The van der Waals surface area contributed by atoms with Crippen molar-refractivity contribution in [2.75, 3.05) is 11.1 Å². The van der Waals surface area contributed by atoms with Crippen LogP contribution in [0.1, 0.15) is 11.5 Å². The van der Waals surface area contributed by atoms with E-state index < -0.39 is 0 Å². The van der Waals surface area contributed by atoms with E-state index >= 15 is 0 Å². The Morgan fingerprint density at radius 2 is 2.21 bits per heavy atom. The van der Waals surface area contributed by atoms with Gasteiger partial charge in [0.25, 0.3) is 5.22 Å². The molecular weight excluding hydrogens is 330 g/mol. The summed E-state index contributed by atoms with van der Waals surface area (Å²) < 4.78 is 6.04. The number of carbonyl (C=O) groups excluding carboxylic acids is 1. The number of nitrogens with one attached hydrogen (secondary N) is 1. The number of anilines is 1. The van der Waals surface area contributed by atoms with Gasteiger partial charge in [-0.2, -0.15) is 0 Å². The minimum Gasteiger partial charge on any atom is -0.416 e. The predicted octanol–water partition coefficient (Wildman–Crippen LogP) is 3.18. The van der Waals surface area contributed by atoms with Gasteiger partial charge in [-0.15, -0.1) is 10.2 Å². The minimum absolute atomic E-state index is 0.120. The van der Waals surface area contributed by atoms with E-state index in [1.54, 1.807) is 6.92 Å². The van der Waals surface area contributed by atoms with Gasteiger partial charge in [-0.05, 0) is 40.5 Å². The maximum atomic E-state index is 11.8. The molecule has 0 aliphatic heterocycles. The van der Waals surface area contributed by atoms with Gasteiger partial charge in [0.15, 0.2) is 0 Å². The first-order valence-corrected chi connectivity index (χ1v) is 7.31. The maximum absolute atomic E-state index is 11.8. The largest absolute Gasteiger partial charge is 0.416 e. The molecule has 0 spiro atoms. The molecule has 1 N–H and O–H groups in total. The second-order valence-electron chi connectivity index (χ2n) is 3.91. The summed E-state index contributed by atoms with van der Waals surface area (Å²) in [7, 11) is 0. The standard InChI is InChI=1S/C12H12BrN3O2S/c1-7-3-4-10(9(13)5-7)14-11(17)6-19-12-16-15-8(2)18-12/h3-5H,6H2,1-2H3,(H,14,17). The molecule has 19 heavy (non-hydrogen) atoms. The molecule has 0 saturated heterocycles. The third-order valence-electron chi connectivity index (χ3n) is 2.23. The number of benzene rings is 1. The molecule has 1 aromatic carbocycles. The van der Waals surface area contributed by atoms with Crippen molar-refractivity contribution in [2.24, 2.45) is 0 Å². The van der Waals surface area contributed by atoms with E-state index in [0.717, 1.165) is 15.7 Å². The van der Waals surface area contributed by atoms with E-state index in [4.69, 9.17) is 4.42 Å². The van der Waals surface area contributed by atoms with Crippen LogP contribution < -0.4 is 5.32 Å². The summed E-state index contributed by atoms with van der Waals surface area (Å²) in [4.78, 5) is 11.8. The zero-order valence-corrected chi connectivity index (χ0v) is 12.8. The topological polar surface area (TPSA) is 68.0 Å². The number of thioether (sulfide) groups is 1. The Morgan fingerprint density at radius 3 is 2.84 bits per heavy atom. The lowest BCUT2D eigenvalue weighted by Gasteiger charge is -2.07. The lowest BCUT2D eigenvalue weighted by molar-refractivity contribution is -0.113. The van der Waals surface area contributed by atoms with Gasteiger partial charge in [-0.1, -0.05) is 17.8 Å². The van der Waals surface area contributed by atoms with E-state index in [9.17, 15) is 4.79 Å². The number of hydrogen-bond donors (Lipinski definition) is 1. The average Bonchev–Trinajstić information content (AvgIpc) is 2.76. The number of halogens is 1. The van der Waals surface area contributed by atoms with Crippen LogP contribution in [0, 0.1) is 13.8 Å². The Morgan fingerprint density at radius 1 is 1.42 bits per heavy atom. The van der Waals surface area contributed by atoms with Crippen molar-refractivity contribution in [3.05, 3.63) is 34.1 Å². The molecule has 7 heteroatoms. The minimum atomic E-state index is -0.120. The second kappa shape index (κ2) is 6.21. The van der Waals surface area contributed by atoms with Crippen LogP contribution in [0.15, 0.2) is 32.3 Å². The average molecular weight is 342 g/mol. The quantitative estimate of drug-likeness (QED) is 0.865. The molecule has 0 saturated carbocycles. The number of carbonyl (C=O) groups is 1.